The second-order valence-electron chi connectivity index (χ2n) is 5.13. The van der Waals surface area contributed by atoms with Gasteiger partial charge in [-0.3, -0.25) is 4.79 Å². The maximum absolute atomic E-state index is 12.4. The van der Waals surface area contributed by atoms with Gasteiger partial charge in [-0.2, -0.15) is 0 Å². The van der Waals surface area contributed by atoms with Gasteiger partial charge in [0, 0.05) is 22.0 Å². The highest BCUT2D eigenvalue weighted by Gasteiger charge is 2.17. The summed E-state index contributed by atoms with van der Waals surface area (Å²) < 4.78 is 6.19. The standard InChI is InChI=1S/C18H15BrN2O3/c1-2-20-15-13-5-3-4-6-14(13)24-18(23)16(15)21-17(22)11-7-9-12(19)10-8-11/h3-10,20H,2H2,1H3,(H,21,22). The number of benzene rings is 2. The first-order valence-corrected chi connectivity index (χ1v) is 8.26. The van der Waals surface area contributed by atoms with Gasteiger partial charge in [0.2, 0.25) is 0 Å². The third kappa shape index (κ3) is 3.19. The van der Waals surface area contributed by atoms with Gasteiger partial charge in [-0.1, -0.05) is 28.1 Å². The third-order valence-electron chi connectivity index (χ3n) is 3.51. The van der Waals surface area contributed by atoms with Crippen molar-refractivity contribution >= 4 is 44.2 Å². The molecule has 0 radical (unpaired) electrons. The molecule has 0 fully saturated rings. The van der Waals surface area contributed by atoms with Gasteiger partial charge in [-0.15, -0.1) is 0 Å². The molecule has 1 amide bonds. The molecule has 0 spiro atoms. The van der Waals surface area contributed by atoms with Gasteiger partial charge in [0.1, 0.15) is 5.58 Å². The molecule has 0 bridgehead atoms. The Kier molecular flexibility index (Phi) is 4.66. The smallest absolute Gasteiger partial charge is 0.362 e. The van der Waals surface area contributed by atoms with Crippen molar-refractivity contribution in [3.63, 3.8) is 0 Å². The molecule has 0 atom stereocenters. The Labute approximate surface area is 146 Å². The van der Waals surface area contributed by atoms with Crippen molar-refractivity contribution in [1.82, 2.24) is 0 Å². The number of rotatable bonds is 4. The maximum Gasteiger partial charge on any atom is 0.362 e. The van der Waals surface area contributed by atoms with Crippen molar-refractivity contribution in [3.05, 3.63) is 69.0 Å². The highest BCUT2D eigenvalue weighted by atomic mass is 79.9. The first-order chi connectivity index (χ1) is 11.6. The zero-order valence-electron chi connectivity index (χ0n) is 12.9. The third-order valence-corrected chi connectivity index (χ3v) is 4.04. The van der Waals surface area contributed by atoms with E-state index >= 15 is 0 Å². The van der Waals surface area contributed by atoms with Crippen LogP contribution in [0, 0.1) is 0 Å². The zero-order valence-corrected chi connectivity index (χ0v) is 14.5. The average molecular weight is 387 g/mol. The minimum atomic E-state index is -0.588. The van der Waals surface area contributed by atoms with E-state index in [1.165, 1.54) is 0 Å². The second-order valence-corrected chi connectivity index (χ2v) is 6.04. The monoisotopic (exact) mass is 386 g/mol. The number of carbonyl (C=O) groups is 1. The molecule has 2 aromatic carbocycles. The summed E-state index contributed by atoms with van der Waals surface area (Å²) in [5, 5.41) is 6.55. The first kappa shape index (κ1) is 16.3. The van der Waals surface area contributed by atoms with Crippen LogP contribution in [0.1, 0.15) is 17.3 Å². The van der Waals surface area contributed by atoms with Crippen LogP contribution in [0.25, 0.3) is 11.0 Å². The quantitative estimate of drug-likeness (QED) is 0.657. The van der Waals surface area contributed by atoms with Crippen molar-refractivity contribution < 1.29 is 9.21 Å². The predicted molar refractivity (Wildman–Crippen MR) is 98.7 cm³/mol. The lowest BCUT2D eigenvalue weighted by molar-refractivity contribution is 0.102. The molecular formula is C18H15BrN2O3. The molecule has 0 aliphatic rings. The number of hydrogen-bond acceptors (Lipinski definition) is 4. The molecule has 3 rings (SSSR count). The largest absolute Gasteiger partial charge is 0.421 e. The van der Waals surface area contributed by atoms with Gasteiger partial charge in [0.25, 0.3) is 5.91 Å². The van der Waals surface area contributed by atoms with Crippen LogP contribution < -0.4 is 16.3 Å². The van der Waals surface area contributed by atoms with E-state index < -0.39 is 5.63 Å². The van der Waals surface area contributed by atoms with E-state index in [0.717, 1.165) is 9.86 Å². The van der Waals surface area contributed by atoms with E-state index in [9.17, 15) is 9.59 Å². The highest BCUT2D eigenvalue weighted by Crippen LogP contribution is 2.28. The van der Waals surface area contributed by atoms with E-state index in [2.05, 4.69) is 26.6 Å². The van der Waals surface area contributed by atoms with E-state index in [1.807, 2.05) is 19.1 Å². The first-order valence-electron chi connectivity index (χ1n) is 7.46. The molecule has 1 heterocycles. The second kappa shape index (κ2) is 6.88. The van der Waals surface area contributed by atoms with Gasteiger partial charge in [-0.25, -0.2) is 4.79 Å². The topological polar surface area (TPSA) is 71.3 Å². The fourth-order valence-electron chi connectivity index (χ4n) is 2.41. The normalized spacial score (nSPS) is 10.6. The Bertz CT molecular complexity index is 949. The molecule has 0 saturated heterocycles. The maximum atomic E-state index is 12.4. The van der Waals surface area contributed by atoms with Crippen molar-refractivity contribution in [3.8, 4) is 0 Å². The Hall–Kier alpha value is -2.60. The number of para-hydroxylation sites is 1. The Morgan fingerprint density at radius 3 is 2.50 bits per heavy atom. The lowest BCUT2D eigenvalue weighted by Gasteiger charge is -2.13. The molecule has 6 heteroatoms. The van der Waals surface area contributed by atoms with Gasteiger partial charge in [0.15, 0.2) is 5.69 Å². The van der Waals surface area contributed by atoms with Crippen LogP contribution in [0.2, 0.25) is 0 Å². The van der Waals surface area contributed by atoms with Crippen LogP contribution in [0.3, 0.4) is 0 Å². The number of fused-ring (bicyclic) bond motifs is 1. The summed E-state index contributed by atoms with van der Waals surface area (Å²) in [7, 11) is 0. The molecule has 2 N–H and O–H groups in total. The van der Waals surface area contributed by atoms with Gasteiger partial charge < -0.3 is 15.1 Å². The molecule has 0 unspecified atom stereocenters. The number of amides is 1. The fraction of sp³-hybridized carbons (Fsp3) is 0.111. The van der Waals surface area contributed by atoms with E-state index in [1.54, 1.807) is 36.4 Å². The molecule has 3 aromatic rings. The summed E-state index contributed by atoms with van der Waals surface area (Å²) >= 11 is 3.33. The van der Waals surface area contributed by atoms with Gasteiger partial charge in [0.05, 0.1) is 5.69 Å². The van der Waals surface area contributed by atoms with Crippen LogP contribution in [-0.4, -0.2) is 12.5 Å². The summed E-state index contributed by atoms with van der Waals surface area (Å²) in [4.78, 5) is 24.8. The Morgan fingerprint density at radius 1 is 1.08 bits per heavy atom. The molecule has 1 aromatic heterocycles. The van der Waals surface area contributed by atoms with Crippen molar-refractivity contribution in [2.75, 3.05) is 17.2 Å². The van der Waals surface area contributed by atoms with Crippen LogP contribution >= 0.6 is 15.9 Å². The molecule has 0 aliphatic heterocycles. The number of nitrogens with one attached hydrogen (secondary N) is 2. The molecule has 122 valence electrons. The van der Waals surface area contributed by atoms with E-state index in [-0.39, 0.29) is 11.6 Å². The molecule has 0 aliphatic carbocycles. The number of anilines is 2. The van der Waals surface area contributed by atoms with Crippen LogP contribution in [0.15, 0.2) is 62.2 Å². The zero-order chi connectivity index (χ0) is 17.1. The lowest BCUT2D eigenvalue weighted by atomic mass is 10.1. The van der Waals surface area contributed by atoms with E-state index in [4.69, 9.17) is 4.42 Å². The molecule has 5 nitrogen and oxygen atoms in total. The number of halogens is 1. The summed E-state index contributed by atoms with van der Waals surface area (Å²) in [6, 6.07) is 14.1. The van der Waals surface area contributed by atoms with Gasteiger partial charge >= 0.3 is 5.63 Å². The SMILES string of the molecule is CCNc1c(NC(=O)c2ccc(Br)cc2)c(=O)oc2ccccc12. The number of hydrogen-bond donors (Lipinski definition) is 2. The van der Waals surface area contributed by atoms with Crippen molar-refractivity contribution in [2.45, 2.75) is 6.92 Å². The van der Waals surface area contributed by atoms with Crippen molar-refractivity contribution in [2.24, 2.45) is 0 Å². The van der Waals surface area contributed by atoms with Gasteiger partial charge in [-0.05, 0) is 43.3 Å². The molecular weight excluding hydrogens is 372 g/mol. The average Bonchev–Trinajstić information content (AvgIpc) is 2.58. The summed E-state index contributed by atoms with van der Waals surface area (Å²) in [5.74, 6) is -0.371. The minimum absolute atomic E-state index is 0.114. The summed E-state index contributed by atoms with van der Waals surface area (Å²) in [5.41, 5.74) is 1.02. The molecule has 0 saturated carbocycles. The van der Waals surface area contributed by atoms with E-state index in [0.29, 0.717) is 23.4 Å². The van der Waals surface area contributed by atoms with Crippen LogP contribution in [0.5, 0.6) is 0 Å². The van der Waals surface area contributed by atoms with Crippen molar-refractivity contribution in [1.29, 1.82) is 0 Å². The van der Waals surface area contributed by atoms with Crippen LogP contribution in [0.4, 0.5) is 11.4 Å². The minimum Gasteiger partial charge on any atom is -0.421 e. The Morgan fingerprint density at radius 2 is 1.79 bits per heavy atom. The summed E-state index contributed by atoms with van der Waals surface area (Å²) in [6.07, 6.45) is 0. The molecule has 24 heavy (non-hydrogen) atoms. The number of carbonyl (C=O) groups excluding carboxylic acids is 1. The lowest BCUT2D eigenvalue weighted by Crippen LogP contribution is -2.20. The van der Waals surface area contributed by atoms with Crippen LogP contribution in [-0.2, 0) is 0 Å². The summed E-state index contributed by atoms with van der Waals surface area (Å²) in [6.45, 7) is 2.53. The fourth-order valence-corrected chi connectivity index (χ4v) is 2.68. The Balaban J connectivity index is 2.06. The predicted octanol–water partition coefficient (Wildman–Crippen LogP) is 4.24. The highest BCUT2D eigenvalue weighted by molar-refractivity contribution is 9.10.